The number of imidazole rings is 1. The summed E-state index contributed by atoms with van der Waals surface area (Å²) in [5, 5.41) is 0. The lowest BCUT2D eigenvalue weighted by molar-refractivity contribution is -0.354. The molecule has 10 heteroatoms. The molecule has 1 aliphatic rings. The quantitative estimate of drug-likeness (QED) is 0.737. The molecule has 0 N–H and O–H groups in total. The zero-order chi connectivity index (χ0) is 13.6. The highest BCUT2D eigenvalue weighted by Gasteiger charge is 2.43. The third-order valence-corrected chi connectivity index (χ3v) is 2.12. The lowest BCUT2D eigenvalue weighted by Crippen LogP contribution is -2.31. The van der Waals surface area contributed by atoms with Crippen molar-refractivity contribution in [1.29, 1.82) is 0 Å². The maximum Gasteiger partial charge on any atom is 0.524 e. The molecule has 1 aromatic rings. The average molecular weight is 273 g/mol. The summed E-state index contributed by atoms with van der Waals surface area (Å²) in [4.78, 5) is 6.55. The van der Waals surface area contributed by atoms with Gasteiger partial charge in [-0.25, -0.2) is 4.98 Å². The van der Waals surface area contributed by atoms with E-state index in [0.29, 0.717) is 4.57 Å². The Morgan fingerprint density at radius 1 is 1.22 bits per heavy atom. The predicted octanol–water partition coefficient (Wildman–Crippen LogP) is 2.37. The fraction of sp³-hybridized carbons (Fsp3) is 0.500. The van der Waals surface area contributed by atoms with Gasteiger partial charge in [0.05, 0.1) is 18.4 Å². The Balaban J connectivity index is 2.41. The van der Waals surface area contributed by atoms with Crippen LogP contribution in [-0.4, -0.2) is 28.7 Å². The maximum atomic E-state index is 12.6. The Hall–Kier alpha value is -1.58. The van der Waals surface area contributed by atoms with Gasteiger partial charge < -0.3 is 0 Å². The summed E-state index contributed by atoms with van der Waals surface area (Å²) in [5.41, 5.74) is -0.192. The SMILES string of the molecule is FC(F)(F)OC1CN=Cc2cnc(C(F)(F)F)n21. The molecule has 1 atom stereocenters. The first kappa shape index (κ1) is 12.9. The fourth-order valence-corrected chi connectivity index (χ4v) is 1.54. The first-order valence-electron chi connectivity index (χ1n) is 4.57. The Morgan fingerprint density at radius 3 is 2.44 bits per heavy atom. The first-order chi connectivity index (χ1) is 8.18. The first-order valence-corrected chi connectivity index (χ1v) is 4.57. The molecule has 1 unspecified atom stereocenters. The summed E-state index contributed by atoms with van der Waals surface area (Å²) < 4.78 is 77.8. The third kappa shape index (κ3) is 2.47. The molecule has 0 saturated heterocycles. The van der Waals surface area contributed by atoms with Crippen LogP contribution in [0, 0.1) is 0 Å². The second-order valence-corrected chi connectivity index (χ2v) is 3.39. The van der Waals surface area contributed by atoms with Crippen LogP contribution in [0.2, 0.25) is 0 Å². The number of hydrogen-bond donors (Lipinski definition) is 0. The summed E-state index contributed by atoms with van der Waals surface area (Å²) in [6.45, 7) is -0.564. The smallest absolute Gasteiger partial charge is 0.290 e. The highest BCUT2D eigenvalue weighted by Crippen LogP contribution is 2.34. The van der Waals surface area contributed by atoms with E-state index in [1.807, 2.05) is 0 Å². The van der Waals surface area contributed by atoms with Crippen molar-refractivity contribution in [3.05, 3.63) is 17.7 Å². The Kier molecular flexibility index (Phi) is 2.84. The minimum Gasteiger partial charge on any atom is -0.290 e. The van der Waals surface area contributed by atoms with Crippen molar-refractivity contribution in [3.63, 3.8) is 0 Å². The second kappa shape index (κ2) is 3.97. The van der Waals surface area contributed by atoms with Crippen molar-refractivity contribution >= 4 is 6.21 Å². The zero-order valence-electron chi connectivity index (χ0n) is 8.46. The molecule has 0 radical (unpaired) electrons. The molecule has 2 heterocycles. The van der Waals surface area contributed by atoms with Crippen LogP contribution in [-0.2, 0) is 10.9 Å². The Morgan fingerprint density at radius 2 is 1.89 bits per heavy atom. The highest BCUT2D eigenvalue weighted by atomic mass is 19.4. The van der Waals surface area contributed by atoms with Crippen LogP contribution in [0.5, 0.6) is 0 Å². The summed E-state index contributed by atoms with van der Waals surface area (Å²) in [7, 11) is 0. The maximum absolute atomic E-state index is 12.6. The number of hydrogen-bond acceptors (Lipinski definition) is 3. The third-order valence-electron chi connectivity index (χ3n) is 2.12. The molecular formula is C8H5F6N3O. The lowest BCUT2D eigenvalue weighted by Gasteiger charge is -2.25. The number of fused-ring (bicyclic) bond motifs is 1. The summed E-state index contributed by atoms with van der Waals surface area (Å²) in [5.74, 6) is -1.45. The van der Waals surface area contributed by atoms with Gasteiger partial charge in [-0.3, -0.25) is 14.3 Å². The molecule has 2 rings (SSSR count). The van der Waals surface area contributed by atoms with Crippen molar-refractivity contribution in [3.8, 4) is 0 Å². The summed E-state index contributed by atoms with van der Waals surface area (Å²) in [6.07, 6.45) is -10.0. The molecule has 0 saturated carbocycles. The van der Waals surface area contributed by atoms with Gasteiger partial charge in [-0.05, 0) is 0 Å². The van der Waals surface area contributed by atoms with E-state index in [-0.39, 0.29) is 5.69 Å². The van der Waals surface area contributed by atoms with Gasteiger partial charge in [-0.15, -0.1) is 13.2 Å². The number of aromatic nitrogens is 2. The van der Waals surface area contributed by atoms with Crippen LogP contribution < -0.4 is 0 Å². The number of nitrogens with zero attached hydrogens (tertiary/aromatic N) is 3. The van der Waals surface area contributed by atoms with Gasteiger partial charge in [0.2, 0.25) is 5.82 Å². The standard InChI is InChI=1S/C8H5F6N3O/c9-7(10,11)6-16-2-4-1-15-3-5(17(4)6)18-8(12,13)14/h1-2,5H,3H2. The van der Waals surface area contributed by atoms with Crippen LogP contribution in [0.1, 0.15) is 17.7 Å². The largest absolute Gasteiger partial charge is 0.524 e. The van der Waals surface area contributed by atoms with Gasteiger partial charge >= 0.3 is 12.5 Å². The van der Waals surface area contributed by atoms with E-state index in [1.54, 1.807) is 0 Å². The molecule has 0 bridgehead atoms. The van der Waals surface area contributed by atoms with Gasteiger partial charge in [0.1, 0.15) is 0 Å². The highest BCUT2D eigenvalue weighted by molar-refractivity contribution is 5.78. The number of ether oxygens (including phenoxy) is 1. The van der Waals surface area contributed by atoms with Gasteiger partial charge in [0, 0.05) is 6.21 Å². The molecule has 0 aliphatic carbocycles. The van der Waals surface area contributed by atoms with Gasteiger partial charge in [-0.2, -0.15) is 13.2 Å². The van der Waals surface area contributed by atoms with Crippen molar-refractivity contribution in [1.82, 2.24) is 9.55 Å². The average Bonchev–Trinajstić information content (AvgIpc) is 2.58. The molecule has 4 nitrogen and oxygen atoms in total. The van der Waals surface area contributed by atoms with Gasteiger partial charge in [0.25, 0.3) is 0 Å². The van der Waals surface area contributed by atoms with E-state index in [1.165, 1.54) is 0 Å². The van der Waals surface area contributed by atoms with E-state index in [2.05, 4.69) is 14.7 Å². The van der Waals surface area contributed by atoms with Crippen LogP contribution >= 0.6 is 0 Å². The van der Waals surface area contributed by atoms with Crippen LogP contribution in [0.3, 0.4) is 0 Å². The van der Waals surface area contributed by atoms with Gasteiger partial charge in [-0.1, -0.05) is 0 Å². The van der Waals surface area contributed by atoms with Crippen LogP contribution in [0.15, 0.2) is 11.2 Å². The molecule has 18 heavy (non-hydrogen) atoms. The monoisotopic (exact) mass is 273 g/mol. The molecule has 0 amide bonds. The molecule has 1 aliphatic heterocycles. The molecule has 1 aromatic heterocycles. The second-order valence-electron chi connectivity index (χ2n) is 3.39. The molecule has 100 valence electrons. The predicted molar refractivity (Wildman–Crippen MR) is 45.9 cm³/mol. The zero-order valence-corrected chi connectivity index (χ0v) is 8.46. The van der Waals surface area contributed by atoms with E-state index in [9.17, 15) is 26.3 Å². The Labute approximate surface area is 95.9 Å². The van der Waals surface area contributed by atoms with Crippen molar-refractivity contribution in [2.45, 2.75) is 18.8 Å². The lowest BCUT2D eigenvalue weighted by atomic mass is 10.4. The summed E-state index contributed by atoms with van der Waals surface area (Å²) in [6, 6.07) is 0. The van der Waals surface area contributed by atoms with E-state index >= 15 is 0 Å². The molecule has 0 aromatic carbocycles. The number of rotatable bonds is 1. The van der Waals surface area contributed by atoms with Crippen LogP contribution in [0.25, 0.3) is 0 Å². The molecule has 0 fully saturated rings. The molecular weight excluding hydrogens is 268 g/mol. The fourth-order valence-electron chi connectivity index (χ4n) is 1.54. The van der Waals surface area contributed by atoms with Crippen molar-refractivity contribution in [2.75, 3.05) is 6.54 Å². The minimum absolute atomic E-state index is 0.192. The van der Waals surface area contributed by atoms with E-state index in [0.717, 1.165) is 12.4 Å². The minimum atomic E-state index is -5.05. The van der Waals surface area contributed by atoms with Crippen molar-refractivity contribution in [2.24, 2.45) is 4.99 Å². The number of alkyl halides is 6. The summed E-state index contributed by atoms with van der Waals surface area (Å²) >= 11 is 0. The van der Waals surface area contributed by atoms with Crippen LogP contribution in [0.4, 0.5) is 26.3 Å². The number of halogens is 6. The molecule has 0 spiro atoms. The number of aliphatic imine (C=N–C) groups is 1. The Bertz CT molecular complexity index is 474. The van der Waals surface area contributed by atoms with E-state index in [4.69, 9.17) is 0 Å². The van der Waals surface area contributed by atoms with Gasteiger partial charge in [0.15, 0.2) is 6.23 Å². The topological polar surface area (TPSA) is 39.4 Å². The normalized spacial score (nSPS) is 20.0. The van der Waals surface area contributed by atoms with Crippen molar-refractivity contribution < 1.29 is 31.1 Å². The van der Waals surface area contributed by atoms with E-state index < -0.39 is 31.1 Å².